The van der Waals surface area contributed by atoms with E-state index in [-0.39, 0.29) is 11.9 Å². The first kappa shape index (κ1) is 12.7. The number of anilines is 2. The summed E-state index contributed by atoms with van der Waals surface area (Å²) < 4.78 is 19.4. The summed E-state index contributed by atoms with van der Waals surface area (Å²) in [6.45, 7) is 0.597. The van der Waals surface area contributed by atoms with E-state index in [1.54, 1.807) is 7.05 Å². The van der Waals surface area contributed by atoms with E-state index in [4.69, 9.17) is 4.74 Å². The predicted molar refractivity (Wildman–Crippen MR) is 74.5 cm³/mol. The molecule has 5 nitrogen and oxygen atoms in total. The molecule has 0 amide bonds. The number of hydrogen-bond donors (Lipinski definition) is 2. The molecule has 1 atom stereocenters. The largest absolute Gasteiger partial charge is 0.493 e. The standard InChI is InChI=1S/C14H15FN4O/c1-16-14-17-8-10(15)13(19-14)18-11-6-7-20-12-5-3-2-4-9(11)12/h2-5,8,11H,6-7H2,1H3,(H2,16,17,18,19). The molecule has 1 aromatic heterocycles. The molecule has 0 aliphatic carbocycles. The molecule has 0 spiro atoms. The van der Waals surface area contributed by atoms with Crippen LogP contribution in [0.2, 0.25) is 0 Å². The molecule has 3 rings (SSSR count). The van der Waals surface area contributed by atoms with E-state index in [9.17, 15) is 4.39 Å². The third kappa shape index (κ3) is 2.36. The van der Waals surface area contributed by atoms with Crippen LogP contribution < -0.4 is 15.4 Å². The topological polar surface area (TPSA) is 59.1 Å². The Labute approximate surface area is 116 Å². The van der Waals surface area contributed by atoms with Gasteiger partial charge in [0.2, 0.25) is 5.95 Å². The second-order valence-electron chi connectivity index (χ2n) is 4.51. The Bertz CT molecular complexity index is 620. The van der Waals surface area contributed by atoms with Gasteiger partial charge >= 0.3 is 0 Å². The molecular weight excluding hydrogens is 259 g/mol. The maximum absolute atomic E-state index is 13.8. The average Bonchev–Trinajstić information content (AvgIpc) is 2.50. The minimum Gasteiger partial charge on any atom is -0.493 e. The lowest BCUT2D eigenvalue weighted by Crippen LogP contribution is -2.21. The van der Waals surface area contributed by atoms with Crippen molar-refractivity contribution in [3.05, 3.63) is 41.8 Å². The zero-order valence-electron chi connectivity index (χ0n) is 11.1. The van der Waals surface area contributed by atoms with Crippen LogP contribution in [0.3, 0.4) is 0 Å². The van der Waals surface area contributed by atoms with Crippen molar-refractivity contribution in [2.45, 2.75) is 12.5 Å². The lowest BCUT2D eigenvalue weighted by molar-refractivity contribution is 0.274. The van der Waals surface area contributed by atoms with Gasteiger partial charge in [0, 0.05) is 19.0 Å². The summed E-state index contributed by atoms with van der Waals surface area (Å²) in [7, 11) is 1.70. The monoisotopic (exact) mass is 274 g/mol. The minimum absolute atomic E-state index is 0.0194. The van der Waals surface area contributed by atoms with Crippen LogP contribution in [0.25, 0.3) is 0 Å². The lowest BCUT2D eigenvalue weighted by Gasteiger charge is -2.27. The summed E-state index contributed by atoms with van der Waals surface area (Å²) in [6.07, 6.45) is 1.92. The molecule has 2 heterocycles. The summed E-state index contributed by atoms with van der Waals surface area (Å²) in [5, 5.41) is 5.93. The fourth-order valence-electron chi connectivity index (χ4n) is 2.25. The molecule has 1 unspecified atom stereocenters. The molecule has 0 radical (unpaired) electrons. The van der Waals surface area contributed by atoms with E-state index in [0.717, 1.165) is 23.9 Å². The summed E-state index contributed by atoms with van der Waals surface area (Å²) in [5.74, 6) is 0.952. The normalized spacial score (nSPS) is 17.0. The number of nitrogens with zero attached hydrogens (tertiary/aromatic N) is 2. The van der Waals surface area contributed by atoms with Gasteiger partial charge in [-0.15, -0.1) is 0 Å². The van der Waals surface area contributed by atoms with E-state index in [2.05, 4.69) is 20.6 Å². The summed E-state index contributed by atoms with van der Waals surface area (Å²) in [6, 6.07) is 7.74. The highest BCUT2D eigenvalue weighted by atomic mass is 19.1. The molecule has 1 aliphatic rings. The van der Waals surface area contributed by atoms with Crippen LogP contribution in [0.1, 0.15) is 18.0 Å². The Balaban J connectivity index is 1.89. The number of hydrogen-bond acceptors (Lipinski definition) is 5. The number of ether oxygens (including phenoxy) is 1. The second-order valence-corrected chi connectivity index (χ2v) is 4.51. The van der Waals surface area contributed by atoms with Gasteiger partial charge in [-0.2, -0.15) is 4.98 Å². The highest BCUT2D eigenvalue weighted by Crippen LogP contribution is 2.34. The maximum atomic E-state index is 13.8. The predicted octanol–water partition coefficient (Wildman–Crippen LogP) is 2.59. The zero-order chi connectivity index (χ0) is 13.9. The number of para-hydroxylation sites is 1. The number of aromatic nitrogens is 2. The van der Waals surface area contributed by atoms with Gasteiger partial charge in [-0.1, -0.05) is 18.2 Å². The number of fused-ring (bicyclic) bond motifs is 1. The van der Waals surface area contributed by atoms with Crippen LogP contribution in [-0.2, 0) is 0 Å². The second kappa shape index (κ2) is 5.32. The van der Waals surface area contributed by atoms with Crippen molar-refractivity contribution < 1.29 is 9.13 Å². The molecule has 104 valence electrons. The van der Waals surface area contributed by atoms with Gasteiger partial charge in [0.25, 0.3) is 0 Å². The highest BCUT2D eigenvalue weighted by molar-refractivity contribution is 5.46. The Morgan fingerprint density at radius 2 is 2.20 bits per heavy atom. The molecule has 1 aliphatic heterocycles. The van der Waals surface area contributed by atoms with Crippen molar-refractivity contribution in [1.29, 1.82) is 0 Å². The van der Waals surface area contributed by atoms with Crippen molar-refractivity contribution in [3.63, 3.8) is 0 Å². The van der Waals surface area contributed by atoms with E-state index in [0.29, 0.717) is 12.6 Å². The number of halogens is 1. The first-order valence-electron chi connectivity index (χ1n) is 6.46. The molecule has 20 heavy (non-hydrogen) atoms. The molecule has 6 heteroatoms. The van der Waals surface area contributed by atoms with Gasteiger partial charge in [-0.05, 0) is 6.07 Å². The van der Waals surface area contributed by atoms with Crippen molar-refractivity contribution in [3.8, 4) is 5.75 Å². The Morgan fingerprint density at radius 3 is 3.05 bits per heavy atom. The minimum atomic E-state index is -0.465. The smallest absolute Gasteiger partial charge is 0.224 e. The molecule has 0 saturated carbocycles. The SMILES string of the molecule is CNc1ncc(F)c(NC2CCOc3ccccc32)n1. The Kier molecular flexibility index (Phi) is 3.37. The molecule has 0 bridgehead atoms. The zero-order valence-corrected chi connectivity index (χ0v) is 11.1. The molecule has 2 N–H and O–H groups in total. The lowest BCUT2D eigenvalue weighted by atomic mass is 10.0. The molecule has 2 aromatic rings. The highest BCUT2D eigenvalue weighted by Gasteiger charge is 2.22. The third-order valence-corrected chi connectivity index (χ3v) is 3.24. The fourth-order valence-corrected chi connectivity index (χ4v) is 2.25. The quantitative estimate of drug-likeness (QED) is 0.901. The average molecular weight is 274 g/mol. The first-order valence-corrected chi connectivity index (χ1v) is 6.46. The van der Waals surface area contributed by atoms with Gasteiger partial charge < -0.3 is 15.4 Å². The summed E-state index contributed by atoms with van der Waals surface area (Å²) >= 11 is 0. The molecular formula is C14H15FN4O. The molecule has 0 fully saturated rings. The van der Waals surface area contributed by atoms with Gasteiger partial charge in [-0.3, -0.25) is 0 Å². The Hall–Kier alpha value is -2.37. The maximum Gasteiger partial charge on any atom is 0.224 e. The van der Waals surface area contributed by atoms with Crippen molar-refractivity contribution >= 4 is 11.8 Å². The van der Waals surface area contributed by atoms with Gasteiger partial charge in [0.15, 0.2) is 11.6 Å². The van der Waals surface area contributed by atoms with Crippen molar-refractivity contribution in [2.24, 2.45) is 0 Å². The van der Waals surface area contributed by atoms with Crippen LogP contribution in [0.4, 0.5) is 16.2 Å². The van der Waals surface area contributed by atoms with Crippen molar-refractivity contribution in [1.82, 2.24) is 9.97 Å². The van der Waals surface area contributed by atoms with E-state index in [1.807, 2.05) is 24.3 Å². The number of nitrogens with one attached hydrogen (secondary N) is 2. The van der Waals surface area contributed by atoms with Crippen LogP contribution >= 0.6 is 0 Å². The van der Waals surface area contributed by atoms with Gasteiger partial charge in [0.1, 0.15) is 5.75 Å². The molecule has 0 saturated heterocycles. The summed E-state index contributed by atoms with van der Waals surface area (Å²) in [5.41, 5.74) is 1.02. The first-order chi connectivity index (χ1) is 9.78. The van der Waals surface area contributed by atoms with E-state index >= 15 is 0 Å². The van der Waals surface area contributed by atoms with E-state index < -0.39 is 5.82 Å². The Morgan fingerprint density at radius 1 is 1.35 bits per heavy atom. The van der Waals surface area contributed by atoms with E-state index in [1.165, 1.54) is 0 Å². The van der Waals surface area contributed by atoms with Gasteiger partial charge in [0.05, 0.1) is 18.8 Å². The van der Waals surface area contributed by atoms with Crippen LogP contribution in [-0.4, -0.2) is 23.6 Å². The van der Waals surface area contributed by atoms with Crippen molar-refractivity contribution in [2.75, 3.05) is 24.3 Å². The third-order valence-electron chi connectivity index (χ3n) is 3.24. The van der Waals surface area contributed by atoms with Gasteiger partial charge in [-0.25, -0.2) is 9.37 Å². The van der Waals surface area contributed by atoms with Crippen LogP contribution in [0.5, 0.6) is 5.75 Å². The van der Waals surface area contributed by atoms with Crippen LogP contribution in [0, 0.1) is 5.82 Å². The van der Waals surface area contributed by atoms with Crippen LogP contribution in [0.15, 0.2) is 30.5 Å². The molecule has 1 aromatic carbocycles. The summed E-state index contributed by atoms with van der Waals surface area (Å²) in [4.78, 5) is 7.94. The number of rotatable bonds is 3. The fraction of sp³-hybridized carbons (Fsp3) is 0.286. The number of benzene rings is 1.